The van der Waals surface area contributed by atoms with E-state index in [1.807, 2.05) is 36.9 Å². The first-order valence-corrected chi connectivity index (χ1v) is 7.53. The SMILES string of the molecule is Cc1cccc(C(=O)N2CCN(c3cnccn3)CC2)c1C. The Labute approximate surface area is 130 Å². The molecule has 1 amide bonds. The van der Waals surface area contributed by atoms with Crippen molar-refractivity contribution in [1.29, 1.82) is 0 Å². The maximum Gasteiger partial charge on any atom is 0.254 e. The van der Waals surface area contributed by atoms with Crippen molar-refractivity contribution in [2.45, 2.75) is 13.8 Å². The fraction of sp³-hybridized carbons (Fsp3) is 0.353. The van der Waals surface area contributed by atoms with Gasteiger partial charge in [-0.05, 0) is 31.0 Å². The van der Waals surface area contributed by atoms with E-state index < -0.39 is 0 Å². The normalized spacial score (nSPS) is 15.0. The molecule has 0 aliphatic carbocycles. The first-order valence-electron chi connectivity index (χ1n) is 7.53. The van der Waals surface area contributed by atoms with E-state index in [0.29, 0.717) is 13.1 Å². The smallest absolute Gasteiger partial charge is 0.254 e. The summed E-state index contributed by atoms with van der Waals surface area (Å²) in [6.07, 6.45) is 5.13. The molecule has 1 aliphatic rings. The average Bonchev–Trinajstić information content (AvgIpc) is 2.58. The molecule has 0 N–H and O–H groups in total. The molecule has 1 fully saturated rings. The number of aryl methyl sites for hydroxylation is 1. The van der Waals surface area contributed by atoms with Gasteiger partial charge in [0.05, 0.1) is 6.20 Å². The zero-order valence-corrected chi connectivity index (χ0v) is 13.0. The average molecular weight is 296 g/mol. The topological polar surface area (TPSA) is 49.3 Å². The predicted molar refractivity (Wildman–Crippen MR) is 86.1 cm³/mol. The maximum atomic E-state index is 12.7. The van der Waals surface area contributed by atoms with E-state index in [2.05, 4.69) is 14.9 Å². The summed E-state index contributed by atoms with van der Waals surface area (Å²) in [5, 5.41) is 0. The number of amides is 1. The molecule has 1 aliphatic heterocycles. The van der Waals surface area contributed by atoms with E-state index in [9.17, 15) is 4.79 Å². The minimum atomic E-state index is 0.125. The van der Waals surface area contributed by atoms with Crippen molar-refractivity contribution in [1.82, 2.24) is 14.9 Å². The summed E-state index contributed by atoms with van der Waals surface area (Å²) in [5.74, 6) is 1.00. The lowest BCUT2D eigenvalue weighted by molar-refractivity contribution is 0.0745. The number of anilines is 1. The second-order valence-corrected chi connectivity index (χ2v) is 5.59. The van der Waals surface area contributed by atoms with Gasteiger partial charge < -0.3 is 9.80 Å². The van der Waals surface area contributed by atoms with Crippen LogP contribution in [0.5, 0.6) is 0 Å². The van der Waals surface area contributed by atoms with Gasteiger partial charge in [0.2, 0.25) is 0 Å². The van der Waals surface area contributed by atoms with Crippen LogP contribution in [0.2, 0.25) is 0 Å². The van der Waals surface area contributed by atoms with Crippen LogP contribution in [0.25, 0.3) is 0 Å². The summed E-state index contributed by atoms with van der Waals surface area (Å²) in [7, 11) is 0. The molecule has 5 nitrogen and oxygen atoms in total. The molecular weight excluding hydrogens is 276 g/mol. The Balaban J connectivity index is 1.69. The van der Waals surface area contributed by atoms with Crippen molar-refractivity contribution < 1.29 is 4.79 Å². The van der Waals surface area contributed by atoms with Crippen molar-refractivity contribution in [3.63, 3.8) is 0 Å². The molecule has 1 saturated heterocycles. The zero-order chi connectivity index (χ0) is 15.5. The Morgan fingerprint density at radius 1 is 1.09 bits per heavy atom. The van der Waals surface area contributed by atoms with Crippen molar-refractivity contribution in [3.05, 3.63) is 53.5 Å². The molecule has 2 aromatic rings. The fourth-order valence-electron chi connectivity index (χ4n) is 2.75. The van der Waals surface area contributed by atoms with Crippen LogP contribution in [0.15, 0.2) is 36.8 Å². The molecule has 3 rings (SSSR count). The largest absolute Gasteiger partial charge is 0.352 e. The third kappa shape index (κ3) is 2.79. The lowest BCUT2D eigenvalue weighted by atomic mass is 10.0. The fourth-order valence-corrected chi connectivity index (χ4v) is 2.75. The van der Waals surface area contributed by atoms with E-state index in [-0.39, 0.29) is 5.91 Å². The van der Waals surface area contributed by atoms with Crippen molar-refractivity contribution >= 4 is 11.7 Å². The number of carbonyl (C=O) groups excluding carboxylic acids is 1. The van der Waals surface area contributed by atoms with Gasteiger partial charge in [-0.1, -0.05) is 12.1 Å². The Hall–Kier alpha value is -2.43. The number of aromatic nitrogens is 2. The molecule has 0 saturated carbocycles. The van der Waals surface area contributed by atoms with Gasteiger partial charge in [-0.15, -0.1) is 0 Å². The van der Waals surface area contributed by atoms with Crippen LogP contribution in [0.1, 0.15) is 21.5 Å². The van der Waals surface area contributed by atoms with Crippen molar-refractivity contribution in [3.8, 4) is 0 Å². The lowest BCUT2D eigenvalue weighted by Crippen LogP contribution is -2.49. The van der Waals surface area contributed by atoms with E-state index in [4.69, 9.17) is 0 Å². The minimum absolute atomic E-state index is 0.125. The van der Waals surface area contributed by atoms with Gasteiger partial charge in [-0.3, -0.25) is 9.78 Å². The van der Waals surface area contributed by atoms with E-state index >= 15 is 0 Å². The molecule has 1 aromatic heterocycles. The quantitative estimate of drug-likeness (QED) is 0.851. The third-order valence-electron chi connectivity index (χ3n) is 4.28. The molecule has 2 heterocycles. The highest BCUT2D eigenvalue weighted by Crippen LogP contribution is 2.17. The Kier molecular flexibility index (Phi) is 4.04. The number of piperazine rings is 1. The van der Waals surface area contributed by atoms with Crippen LogP contribution in [-0.4, -0.2) is 47.0 Å². The van der Waals surface area contributed by atoms with Crippen LogP contribution in [0.3, 0.4) is 0 Å². The highest BCUT2D eigenvalue weighted by molar-refractivity contribution is 5.96. The van der Waals surface area contributed by atoms with Crippen LogP contribution in [0, 0.1) is 13.8 Å². The molecule has 0 spiro atoms. The summed E-state index contributed by atoms with van der Waals surface area (Å²) < 4.78 is 0. The van der Waals surface area contributed by atoms with Gasteiger partial charge >= 0.3 is 0 Å². The highest BCUT2D eigenvalue weighted by Gasteiger charge is 2.23. The van der Waals surface area contributed by atoms with Crippen LogP contribution >= 0.6 is 0 Å². The molecule has 1 aromatic carbocycles. The van der Waals surface area contributed by atoms with Gasteiger partial charge in [0, 0.05) is 44.1 Å². The Bertz CT molecular complexity index is 664. The first kappa shape index (κ1) is 14.5. The summed E-state index contributed by atoms with van der Waals surface area (Å²) in [6, 6.07) is 5.91. The number of hydrogen-bond acceptors (Lipinski definition) is 4. The number of nitrogens with zero attached hydrogens (tertiary/aromatic N) is 4. The Morgan fingerprint density at radius 2 is 1.86 bits per heavy atom. The van der Waals surface area contributed by atoms with Gasteiger partial charge in [-0.25, -0.2) is 4.98 Å². The van der Waals surface area contributed by atoms with Crippen LogP contribution in [-0.2, 0) is 0 Å². The molecule has 0 radical (unpaired) electrons. The second-order valence-electron chi connectivity index (χ2n) is 5.59. The standard InChI is InChI=1S/C17H20N4O/c1-13-4-3-5-15(14(13)2)17(22)21-10-8-20(9-11-21)16-12-18-6-7-19-16/h3-7,12H,8-11H2,1-2H3. The zero-order valence-electron chi connectivity index (χ0n) is 13.0. The summed E-state index contributed by atoms with van der Waals surface area (Å²) >= 11 is 0. The number of rotatable bonds is 2. The van der Waals surface area contributed by atoms with E-state index in [0.717, 1.165) is 35.6 Å². The van der Waals surface area contributed by atoms with E-state index in [1.165, 1.54) is 0 Å². The Morgan fingerprint density at radius 3 is 2.55 bits per heavy atom. The van der Waals surface area contributed by atoms with Gasteiger partial charge in [0.1, 0.15) is 5.82 Å². The number of hydrogen-bond donors (Lipinski definition) is 0. The molecule has 5 heteroatoms. The highest BCUT2D eigenvalue weighted by atomic mass is 16.2. The maximum absolute atomic E-state index is 12.7. The molecule has 0 atom stereocenters. The molecule has 0 bridgehead atoms. The van der Waals surface area contributed by atoms with Gasteiger partial charge in [0.25, 0.3) is 5.91 Å². The summed E-state index contributed by atoms with van der Waals surface area (Å²) in [5.41, 5.74) is 3.04. The third-order valence-corrected chi connectivity index (χ3v) is 4.28. The number of benzene rings is 1. The van der Waals surface area contributed by atoms with Crippen LogP contribution < -0.4 is 4.90 Å². The van der Waals surface area contributed by atoms with Crippen LogP contribution in [0.4, 0.5) is 5.82 Å². The van der Waals surface area contributed by atoms with E-state index in [1.54, 1.807) is 18.6 Å². The molecule has 114 valence electrons. The molecular formula is C17H20N4O. The first-order chi connectivity index (χ1) is 10.7. The van der Waals surface area contributed by atoms with Crippen molar-refractivity contribution in [2.75, 3.05) is 31.1 Å². The van der Waals surface area contributed by atoms with Crippen molar-refractivity contribution in [2.24, 2.45) is 0 Å². The lowest BCUT2D eigenvalue weighted by Gasteiger charge is -2.35. The number of carbonyl (C=O) groups is 1. The monoisotopic (exact) mass is 296 g/mol. The molecule has 0 unspecified atom stereocenters. The molecule has 22 heavy (non-hydrogen) atoms. The summed E-state index contributed by atoms with van der Waals surface area (Å²) in [6.45, 7) is 7.05. The van der Waals surface area contributed by atoms with Gasteiger partial charge in [0.15, 0.2) is 0 Å². The second kappa shape index (κ2) is 6.13. The van der Waals surface area contributed by atoms with Gasteiger partial charge in [-0.2, -0.15) is 0 Å². The minimum Gasteiger partial charge on any atom is -0.352 e. The summed E-state index contributed by atoms with van der Waals surface area (Å²) in [4.78, 5) is 25.2. The predicted octanol–water partition coefficient (Wildman–Crippen LogP) is 2.06.